The molecule has 1 atom stereocenters. The van der Waals surface area contributed by atoms with Crippen LogP contribution in [0.15, 0.2) is 42.6 Å². The first-order valence-electron chi connectivity index (χ1n) is 12.5. The van der Waals surface area contributed by atoms with Crippen molar-refractivity contribution in [1.82, 2.24) is 20.3 Å². The van der Waals surface area contributed by atoms with Gasteiger partial charge in [0.2, 0.25) is 0 Å². The number of aromatic nitrogens is 3. The second-order valence-corrected chi connectivity index (χ2v) is 10.2. The lowest BCUT2D eigenvalue weighted by Crippen LogP contribution is -2.26. The van der Waals surface area contributed by atoms with Crippen LogP contribution in [0, 0.1) is 17.6 Å². The lowest BCUT2D eigenvalue weighted by atomic mass is 9.73. The van der Waals surface area contributed by atoms with Gasteiger partial charge in [-0.1, -0.05) is 6.92 Å². The Morgan fingerprint density at radius 2 is 1.83 bits per heavy atom. The first-order valence-corrected chi connectivity index (χ1v) is 12.5. The normalized spacial score (nSPS) is 21.3. The minimum Gasteiger partial charge on any atom is -0.349 e. The fourth-order valence-electron chi connectivity index (χ4n) is 5.58. The standard InChI is InChI=1S/C28H28F2N4O/c1-15(27-33-25-13-22(23(30)14-26(25)34-27)28(35)32-19-7-8-19)16-2-4-17(5-3-16)20-10-11-31-24-9-6-18(29)12-21(20)24/h6,9-17,19H,2-5,7-8H2,1H3,(H,32,35)(H,33,34)/t15-,16?,17?/m1/s1. The molecule has 2 aromatic heterocycles. The van der Waals surface area contributed by atoms with Crippen molar-refractivity contribution in [2.75, 3.05) is 0 Å². The van der Waals surface area contributed by atoms with Crippen LogP contribution in [0.25, 0.3) is 21.9 Å². The first-order chi connectivity index (χ1) is 17.0. The number of hydrogen-bond acceptors (Lipinski definition) is 3. The zero-order valence-corrected chi connectivity index (χ0v) is 19.7. The summed E-state index contributed by atoms with van der Waals surface area (Å²) < 4.78 is 28.5. The Morgan fingerprint density at radius 3 is 2.60 bits per heavy atom. The summed E-state index contributed by atoms with van der Waals surface area (Å²) >= 11 is 0. The Bertz CT molecular complexity index is 1420. The number of rotatable bonds is 5. The van der Waals surface area contributed by atoms with E-state index in [-0.39, 0.29) is 29.2 Å². The topological polar surface area (TPSA) is 70.7 Å². The van der Waals surface area contributed by atoms with Crippen molar-refractivity contribution < 1.29 is 13.6 Å². The molecule has 180 valence electrons. The number of amides is 1. The van der Waals surface area contributed by atoms with E-state index in [2.05, 4.69) is 22.2 Å². The Kier molecular flexibility index (Phi) is 5.50. The van der Waals surface area contributed by atoms with Crippen LogP contribution in [0.4, 0.5) is 8.78 Å². The van der Waals surface area contributed by atoms with E-state index in [1.54, 1.807) is 18.2 Å². The van der Waals surface area contributed by atoms with E-state index in [9.17, 15) is 13.6 Å². The largest absolute Gasteiger partial charge is 0.349 e. The summed E-state index contributed by atoms with van der Waals surface area (Å²) in [6.45, 7) is 2.16. The molecule has 1 amide bonds. The molecule has 2 fully saturated rings. The van der Waals surface area contributed by atoms with E-state index >= 15 is 0 Å². The van der Waals surface area contributed by atoms with E-state index in [0.29, 0.717) is 22.9 Å². The number of hydrogen-bond donors (Lipinski definition) is 2. The Morgan fingerprint density at radius 1 is 1.03 bits per heavy atom. The molecule has 6 rings (SSSR count). The third kappa shape index (κ3) is 4.28. The number of imidazole rings is 1. The molecule has 0 saturated heterocycles. The average molecular weight is 475 g/mol. The molecule has 0 unspecified atom stereocenters. The van der Waals surface area contributed by atoms with Crippen LogP contribution in [0.3, 0.4) is 0 Å². The number of H-pyrrole nitrogens is 1. The molecule has 0 bridgehead atoms. The molecule has 0 radical (unpaired) electrons. The van der Waals surface area contributed by atoms with Crippen LogP contribution < -0.4 is 5.32 Å². The zero-order valence-electron chi connectivity index (χ0n) is 19.7. The number of benzene rings is 2. The smallest absolute Gasteiger partial charge is 0.254 e. The van der Waals surface area contributed by atoms with Gasteiger partial charge in [-0.15, -0.1) is 0 Å². The number of aromatic amines is 1. The number of pyridine rings is 1. The van der Waals surface area contributed by atoms with Gasteiger partial charge in [-0.05, 0) is 86.3 Å². The van der Waals surface area contributed by atoms with Crippen LogP contribution >= 0.6 is 0 Å². The molecule has 35 heavy (non-hydrogen) atoms. The third-order valence-electron chi connectivity index (χ3n) is 7.83. The highest BCUT2D eigenvalue weighted by atomic mass is 19.1. The fourth-order valence-corrected chi connectivity index (χ4v) is 5.58. The summed E-state index contributed by atoms with van der Waals surface area (Å²) in [6.07, 6.45) is 7.83. The van der Waals surface area contributed by atoms with Gasteiger partial charge in [0.1, 0.15) is 17.5 Å². The van der Waals surface area contributed by atoms with Crippen LogP contribution in [0.5, 0.6) is 0 Å². The highest BCUT2D eigenvalue weighted by Gasteiger charge is 2.30. The van der Waals surface area contributed by atoms with Gasteiger partial charge in [0.15, 0.2) is 0 Å². The van der Waals surface area contributed by atoms with Gasteiger partial charge in [0.25, 0.3) is 5.91 Å². The molecule has 2 heterocycles. The highest BCUT2D eigenvalue weighted by molar-refractivity contribution is 5.98. The maximum absolute atomic E-state index is 14.6. The second-order valence-electron chi connectivity index (χ2n) is 10.2. The Labute approximate surface area is 202 Å². The quantitative estimate of drug-likeness (QED) is 0.354. The SMILES string of the molecule is C[C@@H](c1nc2cc(C(=O)NC3CC3)c(F)cc2[nH]1)C1CCC(c2ccnc3ccc(F)cc23)CC1. The maximum Gasteiger partial charge on any atom is 0.254 e. The van der Waals surface area contributed by atoms with Gasteiger partial charge >= 0.3 is 0 Å². The van der Waals surface area contributed by atoms with E-state index in [1.165, 1.54) is 17.7 Å². The Hall–Kier alpha value is -3.35. The molecule has 4 aromatic rings. The number of carbonyl (C=O) groups is 1. The molecule has 5 nitrogen and oxygen atoms in total. The minimum atomic E-state index is -0.528. The maximum atomic E-state index is 14.6. The molecule has 2 aliphatic rings. The van der Waals surface area contributed by atoms with E-state index in [0.717, 1.165) is 55.3 Å². The van der Waals surface area contributed by atoms with Crippen molar-refractivity contribution in [2.45, 2.75) is 63.3 Å². The zero-order chi connectivity index (χ0) is 24.1. The molecule has 2 aromatic carbocycles. The molecule has 2 aliphatic carbocycles. The monoisotopic (exact) mass is 474 g/mol. The number of halogens is 2. The molecular formula is C28H28F2N4O. The van der Waals surface area contributed by atoms with Gasteiger partial charge in [-0.3, -0.25) is 9.78 Å². The number of nitrogens with one attached hydrogen (secondary N) is 2. The summed E-state index contributed by atoms with van der Waals surface area (Å²) in [5.74, 6) is 0.706. The second kappa shape index (κ2) is 8.70. The Balaban J connectivity index is 1.18. The van der Waals surface area contributed by atoms with Crippen molar-refractivity contribution in [3.05, 3.63) is 71.2 Å². The summed E-state index contributed by atoms with van der Waals surface area (Å²) in [5.41, 5.74) is 3.30. The third-order valence-corrected chi connectivity index (χ3v) is 7.83. The summed E-state index contributed by atoms with van der Waals surface area (Å²) in [6, 6.07) is 9.93. The van der Waals surface area contributed by atoms with Crippen molar-refractivity contribution in [1.29, 1.82) is 0 Å². The van der Waals surface area contributed by atoms with Gasteiger partial charge in [0, 0.05) is 29.6 Å². The molecule has 2 N–H and O–H groups in total. The van der Waals surface area contributed by atoms with Crippen molar-refractivity contribution >= 4 is 27.8 Å². The van der Waals surface area contributed by atoms with Gasteiger partial charge in [-0.2, -0.15) is 0 Å². The fraction of sp³-hybridized carbons (Fsp3) is 0.393. The predicted octanol–water partition coefficient (Wildman–Crippen LogP) is 6.36. The minimum absolute atomic E-state index is 0.0524. The van der Waals surface area contributed by atoms with E-state index in [1.807, 2.05) is 12.3 Å². The van der Waals surface area contributed by atoms with Crippen molar-refractivity contribution in [3.8, 4) is 0 Å². The molecule has 2 saturated carbocycles. The van der Waals surface area contributed by atoms with Crippen LogP contribution in [0.1, 0.15) is 79.0 Å². The lowest BCUT2D eigenvalue weighted by molar-refractivity contribution is 0.0947. The van der Waals surface area contributed by atoms with Gasteiger partial charge in [0.05, 0.1) is 22.1 Å². The summed E-state index contributed by atoms with van der Waals surface area (Å²) in [4.78, 5) is 24.8. The highest BCUT2D eigenvalue weighted by Crippen LogP contribution is 2.43. The molecular weight excluding hydrogens is 446 g/mol. The summed E-state index contributed by atoms with van der Waals surface area (Å²) in [5, 5.41) is 3.75. The number of carbonyl (C=O) groups excluding carboxylic acids is 1. The summed E-state index contributed by atoms with van der Waals surface area (Å²) in [7, 11) is 0. The molecule has 0 spiro atoms. The van der Waals surface area contributed by atoms with Gasteiger partial charge < -0.3 is 10.3 Å². The lowest BCUT2D eigenvalue weighted by Gasteiger charge is -2.32. The van der Waals surface area contributed by atoms with E-state index in [4.69, 9.17) is 4.98 Å². The molecule has 0 aliphatic heterocycles. The van der Waals surface area contributed by atoms with E-state index < -0.39 is 5.82 Å². The van der Waals surface area contributed by atoms with Crippen molar-refractivity contribution in [3.63, 3.8) is 0 Å². The average Bonchev–Trinajstić information content (AvgIpc) is 3.58. The van der Waals surface area contributed by atoms with Crippen molar-refractivity contribution in [2.24, 2.45) is 5.92 Å². The number of fused-ring (bicyclic) bond motifs is 2. The van der Waals surface area contributed by atoms with Crippen LogP contribution in [0.2, 0.25) is 0 Å². The van der Waals surface area contributed by atoms with Crippen LogP contribution in [-0.2, 0) is 0 Å². The number of nitrogens with zero attached hydrogens (tertiary/aromatic N) is 2. The molecule has 7 heteroatoms. The van der Waals surface area contributed by atoms with Gasteiger partial charge in [-0.25, -0.2) is 13.8 Å². The first kappa shape index (κ1) is 22.1. The van der Waals surface area contributed by atoms with Crippen LogP contribution in [-0.4, -0.2) is 26.9 Å². The predicted molar refractivity (Wildman–Crippen MR) is 131 cm³/mol.